The van der Waals surface area contributed by atoms with E-state index in [1.54, 1.807) is 0 Å². The van der Waals surface area contributed by atoms with Crippen LogP contribution in [-0.4, -0.2) is 35.5 Å². The van der Waals surface area contributed by atoms with E-state index in [0.29, 0.717) is 35.1 Å². The number of ether oxygens (including phenoxy) is 1. The third-order valence-electron chi connectivity index (χ3n) is 11.1. The van der Waals surface area contributed by atoms with Gasteiger partial charge in [0.2, 0.25) is 0 Å². The number of hydrogen-bond acceptors (Lipinski definition) is 3. The van der Waals surface area contributed by atoms with E-state index in [1.165, 1.54) is 60.9 Å². The molecule has 0 N–H and O–H groups in total. The minimum absolute atomic E-state index is 0. The molecule has 0 radical (unpaired) electrons. The van der Waals surface area contributed by atoms with Gasteiger partial charge in [-0.15, -0.1) is 25.2 Å². The van der Waals surface area contributed by atoms with Crippen LogP contribution in [-0.2, 0) is 24.8 Å². The molecular formula is C37H50IrN3OS. The summed E-state index contributed by atoms with van der Waals surface area (Å²) in [6, 6.07) is 0. The zero-order valence-electron chi connectivity index (χ0n) is 29.1. The van der Waals surface area contributed by atoms with Crippen molar-refractivity contribution in [3.05, 3.63) is 68.8 Å². The predicted molar refractivity (Wildman–Crippen MR) is 176 cm³/mol. The predicted octanol–water partition coefficient (Wildman–Crippen LogP) is 9.83. The van der Waals surface area contributed by atoms with Gasteiger partial charge in [0.15, 0.2) is 6.23 Å². The fourth-order valence-electron chi connectivity index (χ4n) is 8.25. The van der Waals surface area contributed by atoms with Crippen LogP contribution in [0.2, 0.25) is 0 Å². The molecule has 0 amide bonds. The minimum Gasteiger partial charge on any atom is -0.769 e. The first-order valence-electron chi connectivity index (χ1n) is 18.4. The van der Waals surface area contributed by atoms with E-state index in [2.05, 4.69) is 67.1 Å². The first-order valence-corrected chi connectivity index (χ1v) is 17.8. The van der Waals surface area contributed by atoms with Crippen molar-refractivity contribution in [1.82, 2.24) is 0 Å². The van der Waals surface area contributed by atoms with Crippen LogP contribution in [0.15, 0.2) is 57.1 Å². The average Bonchev–Trinajstić information content (AvgIpc) is 3.60. The standard InChI is InChI=1S/C23H29N2OS.C14H21N.Ir/c1-13-9-10-16-15-6-4-7-17(22(15)26-23(16)25-13)19-11-21-18(12-24-19)14-5-2-3-8-20(14)27-21;1-10-4-6-13(7-5-10)14-8-11(2)12(3)9-15-14;/h6,11,14,16,18,20-21,23H,2-5,7-10,12H2,1H3;8,10-12H,4-6,9H2,1-3H3;/q-1;-2;+3/t14-,16?,18?,20-,21+,23?;10-,11+,12-;/m01./s1/i1D3;;. The fourth-order valence-corrected chi connectivity index (χ4v) is 10.2. The molecule has 8 rings (SSSR count). The number of fused-ring (bicyclic) bond motifs is 6. The van der Waals surface area contributed by atoms with Crippen LogP contribution >= 0.6 is 11.8 Å². The van der Waals surface area contributed by atoms with Crippen molar-refractivity contribution in [3.8, 4) is 0 Å². The van der Waals surface area contributed by atoms with Crippen molar-refractivity contribution in [3.63, 3.8) is 0 Å². The molecule has 3 aliphatic carbocycles. The van der Waals surface area contributed by atoms with Gasteiger partial charge in [0.05, 0.1) is 0 Å². The molecule has 9 atom stereocenters. The van der Waals surface area contributed by atoms with Gasteiger partial charge in [-0.25, -0.2) is 5.57 Å². The van der Waals surface area contributed by atoms with Crippen LogP contribution in [0.5, 0.6) is 0 Å². The van der Waals surface area contributed by atoms with Crippen LogP contribution in [0.1, 0.15) is 102 Å². The summed E-state index contributed by atoms with van der Waals surface area (Å²) < 4.78 is 29.5. The molecule has 0 bridgehead atoms. The maximum Gasteiger partial charge on any atom is 3.00 e. The van der Waals surface area contributed by atoms with Crippen molar-refractivity contribution in [2.24, 2.45) is 40.5 Å². The molecule has 0 aromatic carbocycles. The van der Waals surface area contributed by atoms with Gasteiger partial charge in [-0.2, -0.15) is 17.8 Å². The molecule has 43 heavy (non-hydrogen) atoms. The monoisotopic (exact) mass is 780 g/mol. The van der Waals surface area contributed by atoms with E-state index in [-0.39, 0.29) is 32.3 Å². The number of thioether (sulfide) groups is 1. The van der Waals surface area contributed by atoms with Crippen molar-refractivity contribution < 1.29 is 29.0 Å². The Morgan fingerprint density at radius 1 is 0.977 bits per heavy atom. The normalized spacial score (nSPS) is 40.9. The van der Waals surface area contributed by atoms with E-state index >= 15 is 0 Å². The van der Waals surface area contributed by atoms with Crippen LogP contribution in [0.3, 0.4) is 0 Å². The quantitative estimate of drug-likeness (QED) is 0.262. The Balaban J connectivity index is 0.000000197. The number of aliphatic imine (C=N–C) groups is 1. The molecule has 5 heterocycles. The zero-order valence-corrected chi connectivity index (χ0v) is 29.3. The minimum atomic E-state index is -2.11. The van der Waals surface area contributed by atoms with Crippen LogP contribution in [0.25, 0.3) is 10.6 Å². The zero-order chi connectivity index (χ0) is 31.3. The van der Waals surface area contributed by atoms with E-state index in [0.717, 1.165) is 67.3 Å². The summed E-state index contributed by atoms with van der Waals surface area (Å²) in [7, 11) is 0. The molecule has 3 fully saturated rings. The summed E-state index contributed by atoms with van der Waals surface area (Å²) in [4.78, 5) is 4.52. The van der Waals surface area contributed by atoms with E-state index in [1.807, 2.05) is 0 Å². The molecule has 3 unspecified atom stereocenters. The van der Waals surface area contributed by atoms with Crippen molar-refractivity contribution in [2.75, 3.05) is 13.1 Å². The first kappa shape index (κ1) is 28.0. The Bertz CT molecular complexity index is 1350. The van der Waals surface area contributed by atoms with Crippen molar-refractivity contribution in [2.45, 2.75) is 115 Å². The van der Waals surface area contributed by atoms with Gasteiger partial charge in [-0.1, -0.05) is 70.4 Å². The van der Waals surface area contributed by atoms with E-state index in [4.69, 9.17) is 14.2 Å². The fraction of sp³-hybridized carbons (Fsp3) is 0.703. The molecule has 8 aliphatic rings. The molecule has 4 nitrogen and oxygen atoms in total. The summed E-state index contributed by atoms with van der Waals surface area (Å²) >= 11 is 2.20. The Morgan fingerprint density at radius 3 is 2.65 bits per heavy atom. The number of allylic oxidation sites excluding steroid dienone is 6. The third-order valence-corrected chi connectivity index (χ3v) is 12.9. The SMILES string of the molecule is C[C@H]1C[C-]=C(C2=C[C@H](C)[C@H](C)C[N-]2)CC1.[2H]C([2H])([2H])C1=NC2OC3=C(C4=C[C@H]5S[C@H]6CCCC[C@H]6C5C[N-]4)CCC=C3C2CC1.[Ir+3]. The molecule has 234 valence electrons. The topological polar surface area (TPSA) is 49.8 Å². The molecule has 1 saturated carbocycles. The molecule has 2 saturated heterocycles. The molecule has 0 aromatic heterocycles. The van der Waals surface area contributed by atoms with Gasteiger partial charge >= 0.3 is 20.1 Å². The Kier molecular flexibility index (Phi) is 8.89. The van der Waals surface area contributed by atoms with Crippen LogP contribution < -0.4 is 0 Å². The van der Waals surface area contributed by atoms with Gasteiger partial charge in [0.25, 0.3) is 0 Å². The molecule has 5 aliphatic heterocycles. The number of nitrogens with zero attached hydrogens (tertiary/aromatic N) is 3. The molecule has 0 aromatic rings. The molecule has 6 heteroatoms. The van der Waals surface area contributed by atoms with Gasteiger partial charge in [0.1, 0.15) is 5.76 Å². The van der Waals surface area contributed by atoms with Crippen LogP contribution in [0.4, 0.5) is 0 Å². The third kappa shape index (κ3) is 6.54. The largest absolute Gasteiger partial charge is 3.00 e. The smallest absolute Gasteiger partial charge is 0.769 e. The number of rotatable bonds is 2. The summed E-state index contributed by atoms with van der Waals surface area (Å²) in [5.41, 5.74) is 6.57. The van der Waals surface area contributed by atoms with E-state index < -0.39 is 6.85 Å². The Morgan fingerprint density at radius 2 is 1.84 bits per heavy atom. The van der Waals surface area contributed by atoms with Crippen LogP contribution in [0, 0.1) is 41.6 Å². The van der Waals surface area contributed by atoms with Gasteiger partial charge in [-0.05, 0) is 74.3 Å². The second-order valence-corrected chi connectivity index (χ2v) is 15.5. The maximum atomic E-state index is 7.71. The van der Waals surface area contributed by atoms with E-state index in [9.17, 15) is 0 Å². The summed E-state index contributed by atoms with van der Waals surface area (Å²) in [6.07, 6.45) is 22.7. The van der Waals surface area contributed by atoms with Gasteiger partial charge in [0, 0.05) is 26.2 Å². The Labute approximate surface area is 282 Å². The maximum absolute atomic E-state index is 7.71. The average molecular weight is 780 g/mol. The van der Waals surface area contributed by atoms with Crippen molar-refractivity contribution >= 4 is 17.5 Å². The first-order chi connectivity index (χ1) is 21.7. The number of hydrogen-bond donors (Lipinski definition) is 0. The van der Waals surface area contributed by atoms with Crippen molar-refractivity contribution in [1.29, 1.82) is 0 Å². The van der Waals surface area contributed by atoms with Gasteiger partial charge in [-0.3, -0.25) is 11.1 Å². The summed E-state index contributed by atoms with van der Waals surface area (Å²) in [5, 5.41) is 11.2. The second-order valence-electron chi connectivity index (χ2n) is 14.1. The summed E-state index contributed by atoms with van der Waals surface area (Å²) in [6.45, 7) is 6.72. The molecule has 0 spiro atoms. The van der Waals surface area contributed by atoms with Gasteiger partial charge < -0.3 is 21.1 Å². The Hall–Kier alpha value is -1.23. The second kappa shape index (κ2) is 13.6. The summed E-state index contributed by atoms with van der Waals surface area (Å²) in [5.74, 6) is 4.92. The molecular weight excluding hydrogens is 727 g/mol.